The van der Waals surface area contributed by atoms with Crippen molar-refractivity contribution in [3.8, 4) is 5.69 Å². The van der Waals surface area contributed by atoms with Gasteiger partial charge in [0.25, 0.3) is 0 Å². The third-order valence-electron chi connectivity index (χ3n) is 1.99. The largest absolute Gasteiger partial charge is 0.225 e. The van der Waals surface area contributed by atoms with E-state index in [-0.39, 0.29) is 0 Å². The molecule has 0 aliphatic carbocycles. The van der Waals surface area contributed by atoms with E-state index in [0.29, 0.717) is 0 Å². The Morgan fingerprint density at radius 3 is 2.29 bits per heavy atom. The van der Waals surface area contributed by atoms with E-state index in [1.54, 1.807) is 0 Å². The standard InChI is InChI=1S/C10H8Br2N2/c1-7-9(11)13-14(10(7)12)8-5-3-2-4-6-8/h2-6H,1H3. The summed E-state index contributed by atoms with van der Waals surface area (Å²) in [5, 5.41) is 4.37. The van der Waals surface area contributed by atoms with Crippen LogP contribution in [0.4, 0.5) is 0 Å². The lowest BCUT2D eigenvalue weighted by Crippen LogP contribution is -1.95. The van der Waals surface area contributed by atoms with Crippen LogP contribution < -0.4 is 0 Å². The molecule has 4 heteroatoms. The zero-order chi connectivity index (χ0) is 10.1. The number of rotatable bonds is 1. The first kappa shape index (κ1) is 9.93. The second kappa shape index (κ2) is 3.87. The quantitative estimate of drug-likeness (QED) is 0.784. The summed E-state index contributed by atoms with van der Waals surface area (Å²) in [4.78, 5) is 0. The fraction of sp³-hybridized carbons (Fsp3) is 0.100. The zero-order valence-electron chi connectivity index (χ0n) is 7.54. The highest BCUT2D eigenvalue weighted by Gasteiger charge is 2.10. The Labute approximate surface area is 99.2 Å². The van der Waals surface area contributed by atoms with Crippen LogP contribution in [-0.2, 0) is 0 Å². The van der Waals surface area contributed by atoms with E-state index < -0.39 is 0 Å². The molecule has 0 saturated heterocycles. The predicted molar refractivity (Wildman–Crippen MR) is 63.7 cm³/mol. The van der Waals surface area contributed by atoms with Gasteiger partial charge in [-0.2, -0.15) is 5.10 Å². The smallest absolute Gasteiger partial charge is 0.132 e. The second-order valence-electron chi connectivity index (χ2n) is 2.95. The molecule has 2 nitrogen and oxygen atoms in total. The fourth-order valence-corrected chi connectivity index (χ4v) is 2.28. The molecule has 72 valence electrons. The highest BCUT2D eigenvalue weighted by atomic mass is 79.9. The Bertz CT molecular complexity index is 449. The van der Waals surface area contributed by atoms with Gasteiger partial charge in [-0.3, -0.25) is 0 Å². The first-order valence-corrected chi connectivity index (χ1v) is 5.75. The normalized spacial score (nSPS) is 10.5. The van der Waals surface area contributed by atoms with Crippen LogP contribution in [0.2, 0.25) is 0 Å². The molecule has 0 unspecified atom stereocenters. The Morgan fingerprint density at radius 2 is 1.79 bits per heavy atom. The first-order chi connectivity index (χ1) is 6.70. The van der Waals surface area contributed by atoms with Crippen LogP contribution >= 0.6 is 31.9 Å². The molecular weight excluding hydrogens is 308 g/mol. The molecule has 2 aromatic rings. The average Bonchev–Trinajstić information content (AvgIpc) is 2.47. The summed E-state index contributed by atoms with van der Waals surface area (Å²) in [5.41, 5.74) is 2.15. The Balaban J connectivity index is 2.58. The lowest BCUT2D eigenvalue weighted by atomic mass is 10.3. The molecule has 0 aliphatic heterocycles. The average molecular weight is 316 g/mol. The molecule has 14 heavy (non-hydrogen) atoms. The van der Waals surface area contributed by atoms with Crippen molar-refractivity contribution in [1.29, 1.82) is 0 Å². The highest BCUT2D eigenvalue weighted by molar-refractivity contribution is 9.11. The van der Waals surface area contributed by atoms with Crippen molar-refractivity contribution in [1.82, 2.24) is 9.78 Å². The van der Waals surface area contributed by atoms with Gasteiger partial charge < -0.3 is 0 Å². The molecule has 0 radical (unpaired) electrons. The second-order valence-corrected chi connectivity index (χ2v) is 4.46. The number of para-hydroxylation sites is 1. The van der Waals surface area contributed by atoms with Crippen molar-refractivity contribution in [3.63, 3.8) is 0 Å². The molecule has 0 fully saturated rings. The van der Waals surface area contributed by atoms with Gasteiger partial charge in [0.15, 0.2) is 0 Å². The fourth-order valence-electron chi connectivity index (χ4n) is 1.19. The van der Waals surface area contributed by atoms with Gasteiger partial charge in [-0.05, 0) is 50.9 Å². The van der Waals surface area contributed by atoms with Crippen molar-refractivity contribution in [2.45, 2.75) is 6.92 Å². The van der Waals surface area contributed by atoms with Gasteiger partial charge >= 0.3 is 0 Å². The molecule has 0 saturated carbocycles. The van der Waals surface area contributed by atoms with E-state index in [9.17, 15) is 0 Å². The van der Waals surface area contributed by atoms with Crippen molar-refractivity contribution < 1.29 is 0 Å². The SMILES string of the molecule is Cc1c(Br)nn(-c2ccccc2)c1Br. The topological polar surface area (TPSA) is 17.8 Å². The number of aromatic nitrogens is 2. The summed E-state index contributed by atoms with van der Waals surface area (Å²) < 4.78 is 3.71. The van der Waals surface area contributed by atoms with Gasteiger partial charge in [-0.25, -0.2) is 4.68 Å². The summed E-state index contributed by atoms with van der Waals surface area (Å²) in [6.07, 6.45) is 0. The van der Waals surface area contributed by atoms with Crippen molar-refractivity contribution in [2.24, 2.45) is 0 Å². The van der Waals surface area contributed by atoms with E-state index in [1.165, 1.54) is 0 Å². The summed E-state index contributed by atoms with van der Waals surface area (Å²) >= 11 is 6.91. The Morgan fingerprint density at radius 1 is 1.14 bits per heavy atom. The Hall–Kier alpha value is -0.610. The van der Waals surface area contributed by atoms with Gasteiger partial charge in [0, 0.05) is 5.56 Å². The molecule has 1 heterocycles. The van der Waals surface area contributed by atoms with E-state index >= 15 is 0 Å². The summed E-state index contributed by atoms with van der Waals surface area (Å²) in [5.74, 6) is 0. The maximum Gasteiger partial charge on any atom is 0.132 e. The van der Waals surface area contributed by atoms with E-state index in [2.05, 4.69) is 37.0 Å². The molecule has 1 aromatic carbocycles. The molecule has 1 aromatic heterocycles. The molecule has 0 bridgehead atoms. The third kappa shape index (κ3) is 1.64. The van der Waals surface area contributed by atoms with E-state index in [4.69, 9.17) is 0 Å². The van der Waals surface area contributed by atoms with Crippen molar-refractivity contribution in [3.05, 3.63) is 45.1 Å². The number of hydrogen-bond acceptors (Lipinski definition) is 1. The van der Waals surface area contributed by atoms with Gasteiger partial charge in [-0.15, -0.1) is 0 Å². The molecule has 0 spiro atoms. The van der Waals surface area contributed by atoms with Crippen molar-refractivity contribution >= 4 is 31.9 Å². The molecule has 0 N–H and O–H groups in total. The van der Waals surface area contributed by atoms with Gasteiger partial charge in [-0.1, -0.05) is 18.2 Å². The minimum atomic E-state index is 0.869. The third-order valence-corrected chi connectivity index (χ3v) is 3.68. The molecule has 2 rings (SSSR count). The van der Waals surface area contributed by atoms with Gasteiger partial charge in [0.2, 0.25) is 0 Å². The molecular formula is C10H8Br2N2. The number of halogens is 2. The molecule has 0 amide bonds. The first-order valence-electron chi connectivity index (χ1n) is 4.16. The van der Waals surface area contributed by atoms with E-state index in [0.717, 1.165) is 20.5 Å². The summed E-state index contributed by atoms with van der Waals surface area (Å²) in [7, 11) is 0. The lowest BCUT2D eigenvalue weighted by molar-refractivity contribution is 0.851. The zero-order valence-corrected chi connectivity index (χ0v) is 10.7. The maximum absolute atomic E-state index is 4.37. The van der Waals surface area contributed by atoms with Crippen LogP contribution in [0.1, 0.15) is 5.56 Å². The molecule has 0 atom stereocenters. The van der Waals surface area contributed by atoms with Gasteiger partial charge in [0.05, 0.1) is 5.69 Å². The van der Waals surface area contributed by atoms with Crippen LogP contribution in [0.15, 0.2) is 39.5 Å². The lowest BCUT2D eigenvalue weighted by Gasteiger charge is -2.01. The van der Waals surface area contributed by atoms with Crippen molar-refractivity contribution in [2.75, 3.05) is 0 Å². The predicted octanol–water partition coefficient (Wildman–Crippen LogP) is 3.71. The number of hydrogen-bond donors (Lipinski definition) is 0. The number of benzene rings is 1. The monoisotopic (exact) mass is 314 g/mol. The minimum absolute atomic E-state index is 0.869. The highest BCUT2D eigenvalue weighted by Crippen LogP contribution is 2.26. The van der Waals surface area contributed by atoms with Crippen LogP contribution in [0.5, 0.6) is 0 Å². The van der Waals surface area contributed by atoms with Gasteiger partial charge in [0.1, 0.15) is 9.21 Å². The Kier molecular flexibility index (Phi) is 2.74. The summed E-state index contributed by atoms with van der Waals surface area (Å²) in [6.45, 7) is 2.01. The van der Waals surface area contributed by atoms with Crippen LogP contribution in [0.3, 0.4) is 0 Å². The maximum atomic E-state index is 4.37. The molecule has 0 aliphatic rings. The van der Waals surface area contributed by atoms with Crippen LogP contribution in [0.25, 0.3) is 5.69 Å². The van der Waals surface area contributed by atoms with Crippen LogP contribution in [-0.4, -0.2) is 9.78 Å². The minimum Gasteiger partial charge on any atom is -0.225 e. The number of nitrogens with zero attached hydrogens (tertiary/aromatic N) is 2. The van der Waals surface area contributed by atoms with Crippen LogP contribution in [0, 0.1) is 6.92 Å². The van der Waals surface area contributed by atoms with E-state index in [1.807, 2.05) is 41.9 Å². The summed E-state index contributed by atoms with van der Waals surface area (Å²) in [6, 6.07) is 10.0.